The normalized spacial score (nSPS) is 11.6. The first-order valence-electron chi connectivity index (χ1n) is 9.40. The van der Waals surface area contributed by atoms with Crippen LogP contribution in [0.25, 0.3) is 11.3 Å². The van der Waals surface area contributed by atoms with Gasteiger partial charge in [0.2, 0.25) is 0 Å². The van der Waals surface area contributed by atoms with E-state index < -0.39 is 0 Å². The molecule has 1 amide bonds. The minimum Gasteiger partial charge on any atom is -0.496 e. The van der Waals surface area contributed by atoms with Crippen LogP contribution in [0.2, 0.25) is 0 Å². The third-order valence-corrected chi connectivity index (χ3v) is 4.72. The highest BCUT2D eigenvalue weighted by Gasteiger charge is 2.15. The Morgan fingerprint density at radius 3 is 2.66 bits per heavy atom. The van der Waals surface area contributed by atoms with Gasteiger partial charge in [-0.15, -0.1) is 0 Å². The van der Waals surface area contributed by atoms with Crippen molar-refractivity contribution in [3.8, 4) is 17.0 Å². The number of carbonyl (C=O) groups is 1. The summed E-state index contributed by atoms with van der Waals surface area (Å²) in [6, 6.07) is 11.4. The number of nitrogens with zero attached hydrogens (tertiary/aromatic N) is 3. The number of anilines is 1. The molecule has 0 aliphatic carbocycles. The van der Waals surface area contributed by atoms with Crippen molar-refractivity contribution in [2.24, 2.45) is 0 Å². The second kappa shape index (κ2) is 9.14. The van der Waals surface area contributed by atoms with Crippen LogP contribution in [0.1, 0.15) is 34.5 Å². The predicted molar refractivity (Wildman–Crippen MR) is 113 cm³/mol. The van der Waals surface area contributed by atoms with E-state index in [0.717, 1.165) is 28.3 Å². The van der Waals surface area contributed by atoms with Gasteiger partial charge in [-0.2, -0.15) is 0 Å². The van der Waals surface area contributed by atoms with Crippen molar-refractivity contribution >= 4 is 11.7 Å². The Bertz CT molecular complexity index is 989. The van der Waals surface area contributed by atoms with Crippen molar-refractivity contribution in [2.75, 3.05) is 26.0 Å². The average Bonchev–Trinajstić information content (AvgIpc) is 2.77. The van der Waals surface area contributed by atoms with Gasteiger partial charge in [0.1, 0.15) is 17.9 Å². The summed E-state index contributed by atoms with van der Waals surface area (Å²) in [4.78, 5) is 24.8. The first-order chi connectivity index (χ1) is 14.0. The van der Waals surface area contributed by atoms with Gasteiger partial charge in [-0.05, 0) is 36.8 Å². The van der Waals surface area contributed by atoms with Gasteiger partial charge in [0.15, 0.2) is 0 Å². The minimum atomic E-state index is -0.139. The minimum absolute atomic E-state index is 0.139. The van der Waals surface area contributed by atoms with Crippen LogP contribution >= 0.6 is 0 Å². The summed E-state index contributed by atoms with van der Waals surface area (Å²) in [5.74, 6) is 1.43. The number of nitrogens with one attached hydrogen (secondary N) is 2. The maximum absolute atomic E-state index is 11.8. The number of ether oxygens (including phenoxy) is 1. The van der Waals surface area contributed by atoms with Crippen LogP contribution in [-0.2, 0) is 0 Å². The molecule has 0 spiro atoms. The van der Waals surface area contributed by atoms with Gasteiger partial charge in [0.05, 0.1) is 12.8 Å². The summed E-state index contributed by atoms with van der Waals surface area (Å²) in [5.41, 5.74) is 4.31. The third kappa shape index (κ3) is 4.87. The molecule has 0 saturated heterocycles. The molecule has 1 atom stereocenters. The van der Waals surface area contributed by atoms with Crippen molar-refractivity contribution in [3.63, 3.8) is 0 Å². The largest absolute Gasteiger partial charge is 0.496 e. The summed E-state index contributed by atoms with van der Waals surface area (Å²) in [6.07, 6.45) is 3.35. The maximum atomic E-state index is 11.8. The summed E-state index contributed by atoms with van der Waals surface area (Å²) in [7, 11) is 3.22. The standard InChI is InChI=1S/C22H25N5O2/c1-14(18-8-7-16(22(28)23-3)9-20(18)29-4)11-25-21-10-19(26-13-27-21)17-6-5-15(2)24-12-17/h5-10,12-14H,11H2,1-4H3,(H,23,28)(H,25,26,27). The number of methoxy groups -OCH3 is 1. The predicted octanol–water partition coefficient (Wildman–Crippen LogP) is 3.43. The van der Waals surface area contributed by atoms with Crippen LogP contribution in [0.15, 0.2) is 48.9 Å². The van der Waals surface area contributed by atoms with Crippen LogP contribution in [0.4, 0.5) is 5.82 Å². The number of pyridine rings is 1. The van der Waals surface area contributed by atoms with Gasteiger partial charge in [0, 0.05) is 48.6 Å². The SMILES string of the molecule is CNC(=O)c1ccc(C(C)CNc2cc(-c3ccc(C)nc3)ncn2)c(OC)c1. The Morgan fingerprint density at radius 1 is 1.14 bits per heavy atom. The molecule has 3 aromatic rings. The Hall–Kier alpha value is -3.48. The maximum Gasteiger partial charge on any atom is 0.251 e. The van der Waals surface area contributed by atoms with Gasteiger partial charge in [0.25, 0.3) is 5.91 Å². The number of aromatic nitrogens is 3. The van der Waals surface area contributed by atoms with Gasteiger partial charge in [-0.25, -0.2) is 9.97 Å². The van der Waals surface area contributed by atoms with Gasteiger partial charge >= 0.3 is 0 Å². The lowest BCUT2D eigenvalue weighted by Crippen LogP contribution is -2.18. The fourth-order valence-electron chi connectivity index (χ4n) is 3.00. The highest BCUT2D eigenvalue weighted by atomic mass is 16.5. The molecule has 7 nitrogen and oxygen atoms in total. The second-order valence-electron chi connectivity index (χ2n) is 6.79. The van der Waals surface area contributed by atoms with Crippen molar-refractivity contribution in [1.29, 1.82) is 0 Å². The van der Waals surface area contributed by atoms with E-state index in [4.69, 9.17) is 4.74 Å². The van der Waals surface area contributed by atoms with Crippen molar-refractivity contribution in [1.82, 2.24) is 20.3 Å². The number of benzene rings is 1. The van der Waals surface area contributed by atoms with Crippen LogP contribution in [0, 0.1) is 6.92 Å². The van der Waals surface area contributed by atoms with Crippen LogP contribution in [-0.4, -0.2) is 41.6 Å². The second-order valence-corrected chi connectivity index (χ2v) is 6.79. The van der Waals surface area contributed by atoms with Crippen molar-refractivity contribution in [2.45, 2.75) is 19.8 Å². The van der Waals surface area contributed by atoms with Crippen LogP contribution in [0.5, 0.6) is 5.75 Å². The number of amides is 1. The van der Waals surface area contributed by atoms with E-state index in [9.17, 15) is 4.79 Å². The molecule has 0 fully saturated rings. The van der Waals surface area contributed by atoms with E-state index in [-0.39, 0.29) is 11.8 Å². The fraction of sp³-hybridized carbons (Fsp3) is 0.273. The molecule has 1 aromatic carbocycles. The Labute approximate surface area is 170 Å². The van der Waals surface area contributed by atoms with E-state index in [1.807, 2.05) is 37.4 Å². The summed E-state index contributed by atoms with van der Waals surface area (Å²) < 4.78 is 5.50. The zero-order chi connectivity index (χ0) is 20.8. The molecule has 150 valence electrons. The molecule has 0 radical (unpaired) electrons. The number of hydrogen-bond acceptors (Lipinski definition) is 6. The molecule has 1 unspecified atom stereocenters. The molecule has 0 bridgehead atoms. The van der Waals surface area contributed by atoms with Gasteiger partial charge in [-0.1, -0.05) is 13.0 Å². The summed E-state index contributed by atoms with van der Waals surface area (Å²) >= 11 is 0. The summed E-state index contributed by atoms with van der Waals surface area (Å²) in [6.45, 7) is 4.70. The highest BCUT2D eigenvalue weighted by molar-refractivity contribution is 5.94. The number of carbonyl (C=O) groups excluding carboxylic acids is 1. The van der Waals surface area contributed by atoms with E-state index in [0.29, 0.717) is 17.9 Å². The van der Waals surface area contributed by atoms with E-state index in [1.165, 1.54) is 0 Å². The highest BCUT2D eigenvalue weighted by Crippen LogP contribution is 2.28. The zero-order valence-electron chi connectivity index (χ0n) is 17.1. The molecular weight excluding hydrogens is 366 g/mol. The number of aryl methyl sites for hydroxylation is 1. The third-order valence-electron chi connectivity index (χ3n) is 4.72. The molecule has 0 aliphatic heterocycles. The van der Waals surface area contributed by atoms with Gasteiger partial charge < -0.3 is 15.4 Å². The molecular formula is C22H25N5O2. The monoisotopic (exact) mass is 391 g/mol. The number of rotatable bonds is 7. The molecule has 7 heteroatoms. The van der Waals surface area contributed by atoms with Gasteiger partial charge in [-0.3, -0.25) is 9.78 Å². The first-order valence-corrected chi connectivity index (χ1v) is 9.40. The Balaban J connectivity index is 1.72. The fourth-order valence-corrected chi connectivity index (χ4v) is 3.00. The molecule has 3 rings (SSSR count). The molecule has 0 aliphatic rings. The topological polar surface area (TPSA) is 89.0 Å². The lowest BCUT2D eigenvalue weighted by Gasteiger charge is -2.17. The molecule has 29 heavy (non-hydrogen) atoms. The summed E-state index contributed by atoms with van der Waals surface area (Å²) in [5, 5.41) is 5.98. The Morgan fingerprint density at radius 2 is 1.97 bits per heavy atom. The molecule has 2 N–H and O–H groups in total. The van der Waals surface area contributed by atoms with E-state index >= 15 is 0 Å². The smallest absolute Gasteiger partial charge is 0.251 e. The molecule has 2 heterocycles. The van der Waals surface area contributed by atoms with Crippen LogP contribution in [0.3, 0.4) is 0 Å². The number of hydrogen-bond donors (Lipinski definition) is 2. The molecule has 0 saturated carbocycles. The van der Waals surface area contributed by atoms with Crippen molar-refractivity contribution in [3.05, 3.63) is 65.7 Å². The lowest BCUT2D eigenvalue weighted by molar-refractivity contribution is 0.0962. The van der Waals surface area contributed by atoms with E-state index in [1.54, 1.807) is 32.6 Å². The quantitative estimate of drug-likeness (QED) is 0.641. The first kappa shape index (κ1) is 20.3. The Kier molecular flexibility index (Phi) is 6.39. The molecule has 2 aromatic heterocycles. The lowest BCUT2D eigenvalue weighted by atomic mass is 9.98. The average molecular weight is 391 g/mol. The van der Waals surface area contributed by atoms with Crippen molar-refractivity contribution < 1.29 is 9.53 Å². The van der Waals surface area contributed by atoms with Crippen LogP contribution < -0.4 is 15.4 Å². The van der Waals surface area contributed by atoms with E-state index in [2.05, 4.69) is 32.5 Å². The zero-order valence-corrected chi connectivity index (χ0v) is 17.1.